The van der Waals surface area contributed by atoms with Crippen LogP contribution in [0.2, 0.25) is 5.02 Å². The first-order valence-electron chi connectivity index (χ1n) is 13.2. The van der Waals surface area contributed by atoms with Crippen LogP contribution in [0.25, 0.3) is 0 Å². The lowest BCUT2D eigenvalue weighted by Gasteiger charge is -2.39. The van der Waals surface area contributed by atoms with Crippen LogP contribution in [0.1, 0.15) is 83.9 Å². The van der Waals surface area contributed by atoms with Crippen LogP contribution < -0.4 is 0 Å². The molecule has 0 radical (unpaired) electrons. The van der Waals surface area contributed by atoms with Gasteiger partial charge in [0, 0.05) is 37.1 Å². The topological polar surface area (TPSA) is 79.8 Å². The van der Waals surface area contributed by atoms with Gasteiger partial charge in [0.1, 0.15) is 9.88 Å². The molecule has 2 aliphatic rings. The second-order valence-electron chi connectivity index (χ2n) is 10.3. The highest BCUT2D eigenvalue weighted by molar-refractivity contribution is 7.13. The van der Waals surface area contributed by atoms with E-state index < -0.39 is 6.04 Å². The molecule has 1 aromatic carbocycles. The first-order valence-corrected chi connectivity index (χ1v) is 14.3. The summed E-state index contributed by atoms with van der Waals surface area (Å²) in [6, 6.07) is 5.80. The number of benzene rings is 1. The van der Waals surface area contributed by atoms with Gasteiger partial charge < -0.3 is 9.64 Å². The van der Waals surface area contributed by atoms with E-state index in [-0.39, 0.29) is 36.0 Å². The van der Waals surface area contributed by atoms with Crippen molar-refractivity contribution in [2.24, 2.45) is 0 Å². The third-order valence-corrected chi connectivity index (χ3v) is 8.71. The van der Waals surface area contributed by atoms with E-state index in [0.717, 1.165) is 43.1 Å². The molecule has 0 unspecified atom stereocenters. The molecule has 0 N–H and O–H groups in total. The third kappa shape index (κ3) is 6.41. The lowest BCUT2D eigenvalue weighted by atomic mass is 9.99. The van der Waals surface area contributed by atoms with Gasteiger partial charge in [0.05, 0.1) is 24.8 Å². The van der Waals surface area contributed by atoms with Crippen LogP contribution in [-0.4, -0.2) is 64.2 Å². The van der Waals surface area contributed by atoms with E-state index in [1.54, 1.807) is 6.92 Å². The van der Waals surface area contributed by atoms with Crippen LogP contribution in [-0.2, 0) is 27.3 Å². The van der Waals surface area contributed by atoms with Crippen LogP contribution >= 0.6 is 22.9 Å². The molecule has 2 aromatic rings. The van der Waals surface area contributed by atoms with Gasteiger partial charge in [0.2, 0.25) is 5.91 Å². The van der Waals surface area contributed by atoms with Gasteiger partial charge in [-0.2, -0.15) is 0 Å². The van der Waals surface area contributed by atoms with E-state index in [2.05, 4.69) is 22.0 Å². The minimum absolute atomic E-state index is 0.00406. The number of ketones is 1. The number of rotatable bonds is 9. The van der Waals surface area contributed by atoms with Crippen LogP contribution in [0.15, 0.2) is 18.2 Å². The highest BCUT2D eigenvalue weighted by Gasteiger charge is 2.41. The molecular formula is C28H36ClN3O4S. The number of ether oxygens (including phenoxy) is 1. The Morgan fingerprint density at radius 1 is 1.22 bits per heavy atom. The molecule has 1 aromatic heterocycles. The molecule has 0 saturated carbocycles. The molecule has 1 amide bonds. The predicted octanol–water partition coefficient (Wildman–Crippen LogP) is 5.17. The summed E-state index contributed by atoms with van der Waals surface area (Å²) in [5, 5.41) is 1.39. The minimum atomic E-state index is -0.416. The normalized spacial score (nSPS) is 19.1. The van der Waals surface area contributed by atoms with Crippen LogP contribution in [0.3, 0.4) is 0 Å². The fraction of sp³-hybridized carbons (Fsp3) is 0.571. The Balaban J connectivity index is 1.39. The largest absolute Gasteiger partial charge is 0.462 e. The van der Waals surface area contributed by atoms with Crippen molar-refractivity contribution in [1.82, 2.24) is 14.8 Å². The van der Waals surface area contributed by atoms with Gasteiger partial charge in [-0.25, -0.2) is 9.78 Å². The second-order valence-corrected chi connectivity index (χ2v) is 11.8. The summed E-state index contributed by atoms with van der Waals surface area (Å²) in [6.07, 6.45) is 2.79. The predicted molar refractivity (Wildman–Crippen MR) is 145 cm³/mol. The molecule has 2 saturated heterocycles. The summed E-state index contributed by atoms with van der Waals surface area (Å²) in [4.78, 5) is 48.0. The van der Waals surface area contributed by atoms with E-state index in [1.807, 2.05) is 31.7 Å². The molecule has 0 bridgehead atoms. The minimum Gasteiger partial charge on any atom is -0.462 e. The van der Waals surface area contributed by atoms with Gasteiger partial charge in [-0.15, -0.1) is 11.3 Å². The number of hydrogen-bond donors (Lipinski definition) is 0. The number of Topliss-reactive ketones (excluding diaryl/α,β-unsaturated/α-hetero) is 1. The Kier molecular flexibility index (Phi) is 9.03. The standard InChI is InChI=1S/C28H36ClN3O4S/c1-5-36-28(35)27-26(17(2)3)30-24(37-27)15-23(33)22-8-9-25(34)32(22)20-10-12-31(13-11-20)16-19-6-7-21(29)18(4)14-19/h6-7,14,17,20,22H,5,8-13,15-16H2,1-4H3/t22-/m1/s1. The van der Waals surface area contributed by atoms with Crippen molar-refractivity contribution in [1.29, 1.82) is 0 Å². The van der Waals surface area contributed by atoms with Crippen LogP contribution in [0.5, 0.6) is 0 Å². The van der Waals surface area contributed by atoms with Crippen molar-refractivity contribution < 1.29 is 19.1 Å². The van der Waals surface area contributed by atoms with E-state index in [1.165, 1.54) is 16.9 Å². The van der Waals surface area contributed by atoms with Crippen molar-refractivity contribution >= 4 is 40.6 Å². The molecule has 3 heterocycles. The molecule has 0 spiro atoms. The van der Waals surface area contributed by atoms with Gasteiger partial charge in [-0.05, 0) is 56.2 Å². The van der Waals surface area contributed by atoms with Crippen molar-refractivity contribution in [3.05, 3.63) is 49.9 Å². The first-order chi connectivity index (χ1) is 17.7. The number of nitrogens with zero attached hydrogens (tertiary/aromatic N) is 3. The molecule has 2 aliphatic heterocycles. The Hall–Kier alpha value is -2.29. The summed E-state index contributed by atoms with van der Waals surface area (Å²) >= 11 is 7.40. The quantitative estimate of drug-likeness (QED) is 0.404. The maximum Gasteiger partial charge on any atom is 0.350 e. The number of hydrogen-bond acceptors (Lipinski definition) is 7. The van der Waals surface area contributed by atoms with Gasteiger partial charge in [0.25, 0.3) is 0 Å². The molecule has 9 heteroatoms. The van der Waals surface area contributed by atoms with Gasteiger partial charge >= 0.3 is 5.97 Å². The highest BCUT2D eigenvalue weighted by atomic mass is 35.5. The summed E-state index contributed by atoms with van der Waals surface area (Å²) < 4.78 is 5.19. The number of esters is 1. The number of aromatic nitrogens is 1. The molecule has 2 fully saturated rings. The number of piperidine rings is 1. The molecule has 4 rings (SSSR count). The summed E-state index contributed by atoms with van der Waals surface area (Å²) in [5.74, 6) is -0.268. The lowest BCUT2D eigenvalue weighted by molar-refractivity contribution is -0.137. The zero-order valence-electron chi connectivity index (χ0n) is 22.1. The number of likely N-dealkylation sites (tertiary alicyclic amines) is 2. The van der Waals surface area contributed by atoms with Crippen LogP contribution in [0.4, 0.5) is 0 Å². The average Bonchev–Trinajstić information content (AvgIpc) is 3.46. The maximum absolute atomic E-state index is 13.4. The summed E-state index contributed by atoms with van der Waals surface area (Å²) in [5.41, 5.74) is 2.99. The molecule has 0 aliphatic carbocycles. The molecule has 200 valence electrons. The van der Waals surface area contributed by atoms with Gasteiger partial charge in [-0.3, -0.25) is 14.5 Å². The number of halogens is 1. The van der Waals surface area contributed by atoms with E-state index >= 15 is 0 Å². The third-order valence-electron chi connectivity index (χ3n) is 7.24. The zero-order valence-corrected chi connectivity index (χ0v) is 23.7. The molecular weight excluding hydrogens is 510 g/mol. The van der Waals surface area contributed by atoms with Gasteiger partial charge in [-0.1, -0.05) is 37.6 Å². The first kappa shape index (κ1) is 27.7. The summed E-state index contributed by atoms with van der Waals surface area (Å²) in [7, 11) is 0. The molecule has 37 heavy (non-hydrogen) atoms. The lowest BCUT2D eigenvalue weighted by Crippen LogP contribution is -2.50. The number of thiazole rings is 1. The maximum atomic E-state index is 13.4. The highest BCUT2D eigenvalue weighted by Crippen LogP contribution is 2.31. The van der Waals surface area contributed by atoms with Crippen molar-refractivity contribution in [3.63, 3.8) is 0 Å². The average molecular weight is 546 g/mol. The van der Waals surface area contributed by atoms with Crippen LogP contribution in [0, 0.1) is 6.92 Å². The molecule has 7 nitrogen and oxygen atoms in total. The fourth-order valence-corrected chi connectivity index (χ4v) is 6.59. The van der Waals surface area contributed by atoms with E-state index in [9.17, 15) is 14.4 Å². The van der Waals surface area contributed by atoms with Crippen molar-refractivity contribution in [2.45, 2.75) is 84.3 Å². The van der Waals surface area contributed by atoms with Gasteiger partial charge in [0.15, 0.2) is 5.78 Å². The molecule has 1 atom stereocenters. The number of carbonyl (C=O) groups is 3. The Morgan fingerprint density at radius 3 is 2.59 bits per heavy atom. The smallest absolute Gasteiger partial charge is 0.350 e. The van der Waals surface area contributed by atoms with E-state index in [4.69, 9.17) is 16.3 Å². The Morgan fingerprint density at radius 2 is 1.95 bits per heavy atom. The van der Waals surface area contributed by atoms with Crippen molar-refractivity contribution in [3.8, 4) is 0 Å². The monoisotopic (exact) mass is 545 g/mol. The fourth-order valence-electron chi connectivity index (χ4n) is 5.35. The van der Waals surface area contributed by atoms with E-state index in [0.29, 0.717) is 35.0 Å². The van der Waals surface area contributed by atoms with Crippen molar-refractivity contribution in [2.75, 3.05) is 19.7 Å². The Labute approximate surface area is 228 Å². The Bertz CT molecular complexity index is 1160. The SMILES string of the molecule is CCOC(=O)c1sc(CC(=O)[C@H]2CCC(=O)N2C2CCN(Cc3ccc(Cl)c(C)c3)CC2)nc1C(C)C. The zero-order chi connectivity index (χ0) is 26.7. The summed E-state index contributed by atoms with van der Waals surface area (Å²) in [6.45, 7) is 10.6. The second kappa shape index (κ2) is 12.0. The number of aryl methyl sites for hydroxylation is 1. The number of carbonyl (C=O) groups excluding carboxylic acids is 3. The number of amides is 1.